The van der Waals surface area contributed by atoms with Gasteiger partial charge in [-0.05, 0) is 5.92 Å². The molecule has 0 radical (unpaired) electrons. The highest BCUT2D eigenvalue weighted by Gasteiger charge is 1.85. The number of rotatable bonds is 2. The zero-order valence-electron chi connectivity index (χ0n) is 5.82. The standard InChI is InChI=1S/C6H14.ClHO/c1-4-5-6(2)3;1-2/h6H,4-5H2,1-3H3;2H. The van der Waals surface area contributed by atoms with Gasteiger partial charge in [-0.2, -0.15) is 0 Å². The Balaban J connectivity index is 0. The minimum absolute atomic E-state index is 0.898. The highest BCUT2D eigenvalue weighted by molar-refractivity contribution is 6.04. The van der Waals surface area contributed by atoms with Crippen LogP contribution in [0.25, 0.3) is 0 Å². The molecule has 0 heterocycles. The van der Waals surface area contributed by atoms with Gasteiger partial charge in [0.25, 0.3) is 0 Å². The van der Waals surface area contributed by atoms with E-state index in [1.807, 2.05) is 0 Å². The van der Waals surface area contributed by atoms with Gasteiger partial charge in [0.2, 0.25) is 0 Å². The van der Waals surface area contributed by atoms with Crippen LogP contribution in [0.4, 0.5) is 0 Å². The summed E-state index contributed by atoms with van der Waals surface area (Å²) in [5.74, 6) is 0.898. The van der Waals surface area contributed by atoms with Crippen molar-refractivity contribution in [2.75, 3.05) is 0 Å². The van der Waals surface area contributed by atoms with Gasteiger partial charge < -0.3 is 0 Å². The minimum Gasteiger partial charge on any atom is -0.295 e. The Kier molecular flexibility index (Phi) is 14.3. The molecule has 0 bridgehead atoms. The van der Waals surface area contributed by atoms with Crippen molar-refractivity contribution in [1.82, 2.24) is 0 Å². The third-order valence-electron chi connectivity index (χ3n) is 0.866. The van der Waals surface area contributed by atoms with Crippen molar-refractivity contribution in [2.45, 2.75) is 33.6 Å². The smallest absolute Gasteiger partial charge is 0.0579 e. The molecule has 0 aromatic rings. The van der Waals surface area contributed by atoms with Gasteiger partial charge in [0.05, 0.1) is 11.9 Å². The van der Waals surface area contributed by atoms with Crippen LogP contribution >= 0.6 is 11.9 Å². The Morgan fingerprint density at radius 3 is 1.75 bits per heavy atom. The Morgan fingerprint density at radius 2 is 1.75 bits per heavy atom. The summed E-state index contributed by atoms with van der Waals surface area (Å²) in [7, 11) is 0. The lowest BCUT2D eigenvalue weighted by Gasteiger charge is -1.95. The van der Waals surface area contributed by atoms with Gasteiger partial charge in [0, 0.05) is 0 Å². The van der Waals surface area contributed by atoms with Crippen LogP contribution in [0.1, 0.15) is 33.6 Å². The first kappa shape index (κ1) is 11.1. The second kappa shape index (κ2) is 10.3. The van der Waals surface area contributed by atoms with Crippen molar-refractivity contribution in [3.05, 3.63) is 0 Å². The molecule has 0 unspecified atom stereocenters. The zero-order chi connectivity index (χ0) is 6.99. The number of hydrogen-bond acceptors (Lipinski definition) is 1. The summed E-state index contributed by atoms with van der Waals surface area (Å²) >= 11 is 3.64. The topological polar surface area (TPSA) is 20.2 Å². The first-order valence-corrected chi connectivity index (χ1v) is 3.28. The molecule has 0 aromatic heterocycles. The lowest BCUT2D eigenvalue weighted by molar-refractivity contribution is 0.576. The van der Waals surface area contributed by atoms with Crippen LogP contribution in [0.3, 0.4) is 0 Å². The van der Waals surface area contributed by atoms with E-state index in [9.17, 15) is 0 Å². The van der Waals surface area contributed by atoms with Crippen molar-refractivity contribution in [3.8, 4) is 0 Å². The molecule has 1 nitrogen and oxygen atoms in total. The fourth-order valence-electron chi connectivity index (χ4n) is 0.577. The average molecular weight is 139 g/mol. The van der Waals surface area contributed by atoms with E-state index in [4.69, 9.17) is 4.66 Å². The largest absolute Gasteiger partial charge is 0.295 e. The molecule has 0 aromatic carbocycles. The van der Waals surface area contributed by atoms with E-state index < -0.39 is 0 Å². The van der Waals surface area contributed by atoms with Crippen LogP contribution in [0.5, 0.6) is 0 Å². The highest BCUT2D eigenvalue weighted by atomic mass is 35.5. The summed E-state index contributed by atoms with van der Waals surface area (Å²) in [5.41, 5.74) is 0. The maximum Gasteiger partial charge on any atom is 0.0579 e. The quantitative estimate of drug-likeness (QED) is 0.622. The Hall–Kier alpha value is 0.250. The molecule has 0 atom stereocenters. The van der Waals surface area contributed by atoms with Gasteiger partial charge in [0.1, 0.15) is 0 Å². The summed E-state index contributed by atoms with van der Waals surface area (Å²) in [6.07, 6.45) is 2.71. The first-order chi connectivity index (χ1) is 3.77. The zero-order valence-corrected chi connectivity index (χ0v) is 6.57. The number of hydrogen-bond donors (Lipinski definition) is 1. The molecular formula is C6H15ClO. The molecule has 0 saturated carbocycles. The normalized spacial score (nSPS) is 8.25. The SMILES string of the molecule is CCCC(C)C.OCl. The van der Waals surface area contributed by atoms with Crippen LogP contribution in [0, 0.1) is 5.92 Å². The van der Waals surface area contributed by atoms with E-state index >= 15 is 0 Å². The lowest BCUT2D eigenvalue weighted by atomic mass is 10.1. The summed E-state index contributed by atoms with van der Waals surface area (Å²) in [6, 6.07) is 0. The van der Waals surface area contributed by atoms with Crippen LogP contribution in [0.15, 0.2) is 0 Å². The minimum atomic E-state index is 0.898. The molecule has 0 fully saturated rings. The van der Waals surface area contributed by atoms with E-state index in [0.717, 1.165) is 5.92 Å². The molecule has 0 saturated heterocycles. The van der Waals surface area contributed by atoms with Gasteiger partial charge in [-0.3, -0.25) is 4.66 Å². The third kappa shape index (κ3) is 16.3. The second-order valence-corrected chi connectivity index (χ2v) is 2.18. The van der Waals surface area contributed by atoms with Crippen molar-refractivity contribution >= 4 is 11.9 Å². The van der Waals surface area contributed by atoms with Gasteiger partial charge in [-0.25, -0.2) is 0 Å². The Morgan fingerprint density at radius 1 is 1.38 bits per heavy atom. The predicted octanol–water partition coefficient (Wildman–Crippen LogP) is 2.58. The second-order valence-electron chi connectivity index (χ2n) is 2.18. The van der Waals surface area contributed by atoms with Crippen LogP contribution < -0.4 is 0 Å². The lowest BCUT2D eigenvalue weighted by Crippen LogP contribution is -1.81. The van der Waals surface area contributed by atoms with E-state index in [-0.39, 0.29) is 0 Å². The molecular weight excluding hydrogens is 124 g/mol. The molecule has 0 spiro atoms. The van der Waals surface area contributed by atoms with E-state index in [2.05, 4.69) is 32.6 Å². The molecule has 0 amide bonds. The highest BCUT2D eigenvalue weighted by Crippen LogP contribution is 2.00. The third-order valence-corrected chi connectivity index (χ3v) is 0.866. The van der Waals surface area contributed by atoms with Crippen molar-refractivity contribution in [3.63, 3.8) is 0 Å². The monoisotopic (exact) mass is 138 g/mol. The van der Waals surface area contributed by atoms with Crippen LogP contribution in [-0.2, 0) is 0 Å². The van der Waals surface area contributed by atoms with E-state index in [0.29, 0.717) is 0 Å². The van der Waals surface area contributed by atoms with Crippen molar-refractivity contribution < 1.29 is 4.66 Å². The maximum atomic E-state index is 6.47. The molecule has 0 aliphatic carbocycles. The van der Waals surface area contributed by atoms with Gasteiger partial charge in [0.15, 0.2) is 0 Å². The molecule has 8 heavy (non-hydrogen) atoms. The van der Waals surface area contributed by atoms with Crippen molar-refractivity contribution in [2.24, 2.45) is 5.92 Å². The molecule has 1 N–H and O–H groups in total. The Bertz CT molecular complexity index is 29.7. The molecule has 2 heteroatoms. The summed E-state index contributed by atoms with van der Waals surface area (Å²) < 4.78 is 6.47. The molecule has 0 rings (SSSR count). The maximum absolute atomic E-state index is 6.47. The molecule has 0 aliphatic rings. The van der Waals surface area contributed by atoms with Gasteiger partial charge in [-0.15, -0.1) is 0 Å². The summed E-state index contributed by atoms with van der Waals surface area (Å²) in [6.45, 7) is 6.73. The number of halogens is 1. The van der Waals surface area contributed by atoms with Crippen LogP contribution in [0.2, 0.25) is 0 Å². The summed E-state index contributed by atoms with van der Waals surface area (Å²) in [4.78, 5) is 0. The van der Waals surface area contributed by atoms with Gasteiger partial charge in [-0.1, -0.05) is 33.6 Å². The van der Waals surface area contributed by atoms with Crippen molar-refractivity contribution in [1.29, 1.82) is 0 Å². The van der Waals surface area contributed by atoms with E-state index in [1.54, 1.807) is 0 Å². The van der Waals surface area contributed by atoms with E-state index in [1.165, 1.54) is 12.8 Å². The average Bonchev–Trinajstić information content (AvgIpc) is 1.72. The van der Waals surface area contributed by atoms with Gasteiger partial charge >= 0.3 is 0 Å². The molecule has 0 aliphatic heterocycles. The predicted molar refractivity (Wildman–Crippen MR) is 37.8 cm³/mol. The first-order valence-electron chi connectivity index (χ1n) is 2.94. The van der Waals surface area contributed by atoms with Crippen LogP contribution in [-0.4, -0.2) is 4.66 Å². The fraction of sp³-hybridized carbons (Fsp3) is 1.00. The fourth-order valence-corrected chi connectivity index (χ4v) is 0.577. The molecule has 52 valence electrons. The summed E-state index contributed by atoms with van der Waals surface area (Å²) in [5, 5.41) is 0. The Labute approximate surface area is 56.8 Å².